The Kier molecular flexibility index (Phi) is 4.89. The van der Waals surface area contributed by atoms with Crippen LogP contribution in [0.15, 0.2) is 4.79 Å². The van der Waals surface area contributed by atoms with E-state index in [4.69, 9.17) is 9.47 Å². The third-order valence-electron chi connectivity index (χ3n) is 4.30. The van der Waals surface area contributed by atoms with E-state index in [1.165, 1.54) is 0 Å². The van der Waals surface area contributed by atoms with Crippen molar-refractivity contribution in [3.05, 3.63) is 26.6 Å². The summed E-state index contributed by atoms with van der Waals surface area (Å²) in [7, 11) is 0. The molecular formula is C17H20N2O5S. The SMILES string of the molecule is CCOC(=O)c1sc2nc3n(c(=O)c2c1C)CCC[C@H]3C(=O)OCC. The summed E-state index contributed by atoms with van der Waals surface area (Å²) in [5, 5.41) is 0.432. The molecule has 1 aliphatic heterocycles. The van der Waals surface area contributed by atoms with Crippen molar-refractivity contribution < 1.29 is 19.1 Å². The number of fused-ring (bicyclic) bond motifs is 2. The fourth-order valence-corrected chi connectivity index (χ4v) is 4.23. The van der Waals surface area contributed by atoms with Crippen LogP contribution >= 0.6 is 11.3 Å². The summed E-state index contributed by atoms with van der Waals surface area (Å²) in [4.78, 5) is 42.7. The van der Waals surface area contributed by atoms with E-state index in [9.17, 15) is 14.4 Å². The Morgan fingerprint density at radius 3 is 2.68 bits per heavy atom. The van der Waals surface area contributed by atoms with Gasteiger partial charge in [0.15, 0.2) is 0 Å². The van der Waals surface area contributed by atoms with Crippen LogP contribution in [0.4, 0.5) is 0 Å². The molecule has 0 saturated heterocycles. The summed E-state index contributed by atoms with van der Waals surface area (Å²) in [5.74, 6) is -0.925. The van der Waals surface area contributed by atoms with E-state index in [2.05, 4.69) is 4.98 Å². The van der Waals surface area contributed by atoms with Gasteiger partial charge in [0, 0.05) is 6.54 Å². The number of nitrogens with zero attached hydrogens (tertiary/aromatic N) is 2. The lowest BCUT2D eigenvalue weighted by Crippen LogP contribution is -2.33. The Bertz CT molecular complexity index is 899. The predicted octanol–water partition coefficient (Wildman–Crippen LogP) is 2.38. The largest absolute Gasteiger partial charge is 0.465 e. The minimum Gasteiger partial charge on any atom is -0.465 e. The lowest BCUT2D eigenvalue weighted by Gasteiger charge is -2.24. The van der Waals surface area contributed by atoms with Gasteiger partial charge in [-0.1, -0.05) is 0 Å². The molecule has 1 atom stereocenters. The molecule has 1 aliphatic rings. The number of hydrogen-bond acceptors (Lipinski definition) is 7. The van der Waals surface area contributed by atoms with E-state index in [-0.39, 0.29) is 24.7 Å². The summed E-state index contributed by atoms with van der Waals surface area (Å²) in [5.41, 5.74) is 0.378. The molecule has 25 heavy (non-hydrogen) atoms. The van der Waals surface area contributed by atoms with Crippen LogP contribution in [-0.2, 0) is 20.8 Å². The van der Waals surface area contributed by atoms with Gasteiger partial charge >= 0.3 is 11.9 Å². The minimum absolute atomic E-state index is 0.210. The fraction of sp³-hybridized carbons (Fsp3) is 0.529. The number of rotatable bonds is 4. The molecule has 134 valence electrons. The van der Waals surface area contributed by atoms with Gasteiger partial charge in [-0.3, -0.25) is 14.2 Å². The smallest absolute Gasteiger partial charge is 0.348 e. The van der Waals surface area contributed by atoms with Gasteiger partial charge in [0.05, 0.1) is 18.6 Å². The average Bonchev–Trinajstić information content (AvgIpc) is 2.92. The van der Waals surface area contributed by atoms with Crippen molar-refractivity contribution in [2.45, 2.75) is 46.1 Å². The molecule has 0 unspecified atom stereocenters. The van der Waals surface area contributed by atoms with Gasteiger partial charge in [-0.2, -0.15) is 0 Å². The Morgan fingerprint density at radius 1 is 1.28 bits per heavy atom. The molecule has 0 radical (unpaired) electrons. The topological polar surface area (TPSA) is 87.5 Å². The highest BCUT2D eigenvalue weighted by molar-refractivity contribution is 7.20. The average molecular weight is 364 g/mol. The Hall–Kier alpha value is -2.22. The number of carbonyl (C=O) groups excluding carboxylic acids is 2. The van der Waals surface area contributed by atoms with Crippen molar-refractivity contribution in [3.8, 4) is 0 Å². The normalized spacial score (nSPS) is 16.5. The molecule has 3 rings (SSSR count). The number of carbonyl (C=O) groups is 2. The van der Waals surface area contributed by atoms with Crippen LogP contribution in [0.2, 0.25) is 0 Å². The highest BCUT2D eigenvalue weighted by Gasteiger charge is 2.32. The lowest BCUT2D eigenvalue weighted by atomic mass is 9.98. The Balaban J connectivity index is 2.17. The standard InChI is InChI=1S/C17H20N2O5S/c1-4-23-16(21)10-7-6-8-19-13(10)18-14-11(15(19)20)9(3)12(25-14)17(22)24-5-2/h10H,4-8H2,1-3H3/t10-/m1/s1. The molecule has 0 amide bonds. The van der Waals surface area contributed by atoms with Gasteiger partial charge in [0.1, 0.15) is 21.4 Å². The number of aromatic nitrogens is 2. The molecule has 3 heterocycles. The number of esters is 2. The lowest BCUT2D eigenvalue weighted by molar-refractivity contribution is -0.145. The van der Waals surface area contributed by atoms with Gasteiger partial charge in [0.25, 0.3) is 5.56 Å². The molecule has 0 N–H and O–H groups in total. The van der Waals surface area contributed by atoms with Gasteiger partial charge in [-0.05, 0) is 39.2 Å². The molecule has 0 aliphatic carbocycles. The van der Waals surface area contributed by atoms with Crippen molar-refractivity contribution in [2.75, 3.05) is 13.2 Å². The maximum absolute atomic E-state index is 12.9. The van der Waals surface area contributed by atoms with Crippen LogP contribution in [0.3, 0.4) is 0 Å². The van der Waals surface area contributed by atoms with E-state index in [1.54, 1.807) is 25.3 Å². The summed E-state index contributed by atoms with van der Waals surface area (Å²) in [6.45, 7) is 6.27. The minimum atomic E-state index is -0.542. The number of thiophene rings is 1. The molecule has 7 nitrogen and oxygen atoms in total. The fourth-order valence-electron chi connectivity index (χ4n) is 3.15. The Morgan fingerprint density at radius 2 is 2.00 bits per heavy atom. The first kappa shape index (κ1) is 17.6. The zero-order valence-corrected chi connectivity index (χ0v) is 15.3. The zero-order chi connectivity index (χ0) is 18.1. The summed E-state index contributed by atoms with van der Waals surface area (Å²) in [6, 6.07) is 0. The Labute approximate surface area is 148 Å². The molecule has 0 bridgehead atoms. The number of hydrogen-bond donors (Lipinski definition) is 0. The quantitative estimate of drug-likeness (QED) is 0.774. The summed E-state index contributed by atoms with van der Waals surface area (Å²) >= 11 is 1.13. The van der Waals surface area contributed by atoms with Crippen LogP contribution in [0.1, 0.15) is 53.7 Å². The van der Waals surface area contributed by atoms with E-state index in [0.717, 1.165) is 11.3 Å². The highest BCUT2D eigenvalue weighted by Crippen LogP contribution is 2.32. The molecule has 0 fully saturated rings. The van der Waals surface area contributed by atoms with Crippen molar-refractivity contribution in [2.24, 2.45) is 0 Å². The molecule has 2 aromatic heterocycles. The van der Waals surface area contributed by atoms with Gasteiger partial charge < -0.3 is 9.47 Å². The molecule has 0 aromatic carbocycles. The van der Waals surface area contributed by atoms with Crippen LogP contribution in [0.5, 0.6) is 0 Å². The number of aryl methyl sites for hydroxylation is 1. The summed E-state index contributed by atoms with van der Waals surface area (Å²) in [6.07, 6.45) is 1.31. The molecule has 8 heteroatoms. The van der Waals surface area contributed by atoms with Crippen LogP contribution < -0.4 is 5.56 Å². The van der Waals surface area contributed by atoms with Gasteiger partial charge in [0.2, 0.25) is 0 Å². The first-order valence-corrected chi connectivity index (χ1v) is 9.18. The third-order valence-corrected chi connectivity index (χ3v) is 5.46. The van der Waals surface area contributed by atoms with E-state index < -0.39 is 11.9 Å². The van der Waals surface area contributed by atoms with E-state index >= 15 is 0 Å². The first-order chi connectivity index (χ1) is 12.0. The van der Waals surface area contributed by atoms with Crippen molar-refractivity contribution in [1.82, 2.24) is 9.55 Å². The molecular weight excluding hydrogens is 344 g/mol. The maximum atomic E-state index is 12.9. The van der Waals surface area contributed by atoms with E-state index in [1.807, 2.05) is 0 Å². The van der Waals surface area contributed by atoms with Crippen molar-refractivity contribution >= 4 is 33.5 Å². The highest BCUT2D eigenvalue weighted by atomic mass is 32.1. The van der Waals surface area contributed by atoms with Crippen LogP contribution in [-0.4, -0.2) is 34.7 Å². The zero-order valence-electron chi connectivity index (χ0n) is 14.5. The monoisotopic (exact) mass is 364 g/mol. The number of ether oxygens (including phenoxy) is 2. The molecule has 2 aromatic rings. The maximum Gasteiger partial charge on any atom is 0.348 e. The van der Waals surface area contributed by atoms with Crippen LogP contribution in [0.25, 0.3) is 10.2 Å². The second-order valence-electron chi connectivity index (χ2n) is 5.83. The first-order valence-electron chi connectivity index (χ1n) is 8.37. The second kappa shape index (κ2) is 6.95. The third kappa shape index (κ3) is 2.95. The summed E-state index contributed by atoms with van der Waals surface area (Å²) < 4.78 is 11.7. The molecule has 0 spiro atoms. The molecule has 0 saturated carbocycles. The van der Waals surface area contributed by atoms with Crippen molar-refractivity contribution in [3.63, 3.8) is 0 Å². The van der Waals surface area contributed by atoms with Crippen LogP contribution in [0, 0.1) is 6.92 Å². The van der Waals surface area contributed by atoms with E-state index in [0.29, 0.717) is 45.9 Å². The van der Waals surface area contributed by atoms with Crippen molar-refractivity contribution in [1.29, 1.82) is 0 Å². The van der Waals surface area contributed by atoms with Gasteiger partial charge in [-0.25, -0.2) is 9.78 Å². The van der Waals surface area contributed by atoms with Gasteiger partial charge in [-0.15, -0.1) is 11.3 Å². The predicted molar refractivity (Wildman–Crippen MR) is 93.2 cm³/mol. The second-order valence-corrected chi connectivity index (χ2v) is 6.83.